The fourth-order valence-electron chi connectivity index (χ4n) is 4.08. The lowest BCUT2D eigenvalue weighted by Gasteiger charge is -2.36. The number of anilines is 1. The lowest BCUT2D eigenvalue weighted by atomic mass is 10.1. The molecule has 0 saturated carbocycles. The molecular weight excluding hydrogens is 442 g/mol. The highest BCUT2D eigenvalue weighted by Gasteiger charge is 2.23. The van der Waals surface area contributed by atoms with Gasteiger partial charge in [-0.1, -0.05) is 24.3 Å². The highest BCUT2D eigenvalue weighted by molar-refractivity contribution is 5.94. The van der Waals surface area contributed by atoms with E-state index in [2.05, 4.69) is 26.9 Å². The van der Waals surface area contributed by atoms with Gasteiger partial charge in [0.05, 0.1) is 13.2 Å². The maximum absolute atomic E-state index is 12.5. The quantitative estimate of drug-likeness (QED) is 0.421. The van der Waals surface area contributed by atoms with Gasteiger partial charge in [-0.15, -0.1) is 0 Å². The van der Waals surface area contributed by atoms with Crippen molar-refractivity contribution in [1.82, 2.24) is 9.88 Å². The number of nitrogens with zero attached hydrogens (tertiary/aromatic N) is 3. The Bertz CT molecular complexity index is 1110. The van der Waals surface area contributed by atoms with Crippen LogP contribution < -0.4 is 14.4 Å². The van der Waals surface area contributed by atoms with Crippen LogP contribution in [0.15, 0.2) is 66.9 Å². The average molecular weight is 476 g/mol. The van der Waals surface area contributed by atoms with Crippen LogP contribution in [0.2, 0.25) is 0 Å². The summed E-state index contributed by atoms with van der Waals surface area (Å²) in [4.78, 5) is 21.6. The molecule has 0 spiro atoms. The first-order valence-corrected chi connectivity index (χ1v) is 12.0. The Balaban J connectivity index is 1.31. The maximum Gasteiger partial charge on any atom is 0.342 e. The zero-order valence-corrected chi connectivity index (χ0v) is 20.6. The molecule has 1 fully saturated rings. The molecule has 0 amide bonds. The first kappa shape index (κ1) is 24.5. The summed E-state index contributed by atoms with van der Waals surface area (Å²) in [6, 6.07) is 19.7. The van der Waals surface area contributed by atoms with Crippen LogP contribution in [0.1, 0.15) is 35.3 Å². The van der Waals surface area contributed by atoms with E-state index < -0.39 is 0 Å². The van der Waals surface area contributed by atoms with Crippen LogP contribution in [-0.4, -0.2) is 55.2 Å². The van der Waals surface area contributed by atoms with Gasteiger partial charge in [-0.3, -0.25) is 4.90 Å². The number of carbonyl (C=O) groups excluding carboxylic acids is 1. The van der Waals surface area contributed by atoms with E-state index in [0.717, 1.165) is 49.8 Å². The fraction of sp³-hybridized carbons (Fsp3) is 0.357. The van der Waals surface area contributed by atoms with Gasteiger partial charge in [-0.25, -0.2) is 9.78 Å². The number of carbonyl (C=O) groups is 1. The van der Waals surface area contributed by atoms with Crippen molar-refractivity contribution < 1.29 is 19.0 Å². The molecule has 4 rings (SSSR count). The van der Waals surface area contributed by atoms with E-state index in [1.165, 1.54) is 5.56 Å². The van der Waals surface area contributed by atoms with Gasteiger partial charge in [-0.2, -0.15) is 0 Å². The number of rotatable bonds is 9. The summed E-state index contributed by atoms with van der Waals surface area (Å²) in [6.45, 7) is 8.42. The molecule has 0 bridgehead atoms. The van der Waals surface area contributed by atoms with Crippen molar-refractivity contribution in [3.8, 4) is 11.5 Å². The summed E-state index contributed by atoms with van der Waals surface area (Å²) in [5.41, 5.74) is 2.83. The zero-order valence-electron chi connectivity index (χ0n) is 20.6. The minimum atomic E-state index is -0.322. The molecular formula is C28H33N3O4. The van der Waals surface area contributed by atoms with Crippen molar-refractivity contribution in [3.05, 3.63) is 83.6 Å². The topological polar surface area (TPSA) is 64.1 Å². The smallest absolute Gasteiger partial charge is 0.342 e. The Labute approximate surface area is 207 Å². The molecule has 0 N–H and O–H groups in total. The summed E-state index contributed by atoms with van der Waals surface area (Å²) < 4.78 is 16.6. The molecule has 2 aromatic carbocycles. The minimum Gasteiger partial charge on any atom is -0.497 e. The van der Waals surface area contributed by atoms with Crippen LogP contribution in [-0.2, 0) is 17.9 Å². The van der Waals surface area contributed by atoms with E-state index in [9.17, 15) is 4.79 Å². The number of pyridine rings is 1. The lowest BCUT2D eigenvalue weighted by Crippen LogP contribution is -2.46. The van der Waals surface area contributed by atoms with Crippen LogP contribution >= 0.6 is 0 Å². The summed E-state index contributed by atoms with van der Waals surface area (Å²) in [5.74, 6) is 2.08. The predicted molar refractivity (Wildman–Crippen MR) is 136 cm³/mol. The number of ether oxygens (including phenoxy) is 3. The van der Waals surface area contributed by atoms with Gasteiger partial charge in [0.2, 0.25) is 0 Å². The SMILES string of the molecule is COc1ccc(COc2cccc(CN3CCN(c4ncccc4C(=O)OC(C)C)CC3)c2)cc1. The maximum atomic E-state index is 12.5. The summed E-state index contributed by atoms with van der Waals surface area (Å²) in [5, 5.41) is 0. The van der Waals surface area contributed by atoms with Crippen LogP contribution in [0.5, 0.6) is 11.5 Å². The van der Waals surface area contributed by atoms with Gasteiger partial charge in [0.15, 0.2) is 0 Å². The summed E-state index contributed by atoms with van der Waals surface area (Å²) >= 11 is 0. The Hall–Kier alpha value is -3.58. The average Bonchev–Trinajstić information content (AvgIpc) is 2.88. The van der Waals surface area contributed by atoms with Crippen LogP contribution in [0.25, 0.3) is 0 Å². The molecule has 35 heavy (non-hydrogen) atoms. The number of hydrogen-bond acceptors (Lipinski definition) is 7. The molecule has 184 valence electrons. The Morgan fingerprint density at radius 3 is 2.43 bits per heavy atom. The van der Waals surface area contributed by atoms with Crippen molar-refractivity contribution in [2.75, 3.05) is 38.2 Å². The normalized spacial score (nSPS) is 14.1. The number of benzene rings is 2. The number of piperazine rings is 1. The Morgan fingerprint density at radius 1 is 0.943 bits per heavy atom. The molecule has 2 heterocycles. The van der Waals surface area contributed by atoms with Gasteiger partial charge < -0.3 is 19.1 Å². The Kier molecular flexibility index (Phi) is 8.21. The van der Waals surface area contributed by atoms with Gasteiger partial charge in [0.25, 0.3) is 0 Å². The molecule has 7 nitrogen and oxygen atoms in total. The zero-order chi connectivity index (χ0) is 24.6. The predicted octanol–water partition coefficient (Wildman–Crippen LogP) is 4.56. The van der Waals surface area contributed by atoms with Gasteiger partial charge in [0, 0.05) is 38.9 Å². The second-order valence-corrected chi connectivity index (χ2v) is 8.88. The molecule has 0 unspecified atom stereocenters. The standard InChI is InChI=1S/C28H33N3O4/c1-21(2)35-28(32)26-8-5-13-29-27(26)31-16-14-30(15-17-31)19-23-6-4-7-25(18-23)34-20-22-9-11-24(33-3)12-10-22/h4-13,18,21H,14-17,19-20H2,1-3H3. The first-order valence-electron chi connectivity index (χ1n) is 12.0. The van der Waals surface area contributed by atoms with Crippen molar-refractivity contribution in [2.45, 2.75) is 33.1 Å². The molecule has 3 aromatic rings. The van der Waals surface area contributed by atoms with Crippen molar-refractivity contribution >= 4 is 11.8 Å². The summed E-state index contributed by atoms with van der Waals surface area (Å²) in [6.07, 6.45) is 1.56. The second-order valence-electron chi connectivity index (χ2n) is 8.88. The van der Waals surface area contributed by atoms with Gasteiger partial charge in [0.1, 0.15) is 29.5 Å². The number of aromatic nitrogens is 1. The molecule has 1 aromatic heterocycles. The van der Waals surface area contributed by atoms with Crippen molar-refractivity contribution in [2.24, 2.45) is 0 Å². The van der Waals surface area contributed by atoms with E-state index in [-0.39, 0.29) is 12.1 Å². The van der Waals surface area contributed by atoms with Crippen LogP contribution in [0.3, 0.4) is 0 Å². The fourth-order valence-corrected chi connectivity index (χ4v) is 4.08. The highest BCUT2D eigenvalue weighted by atomic mass is 16.5. The van der Waals surface area contributed by atoms with Crippen molar-refractivity contribution in [1.29, 1.82) is 0 Å². The highest BCUT2D eigenvalue weighted by Crippen LogP contribution is 2.22. The van der Waals surface area contributed by atoms with E-state index >= 15 is 0 Å². The van der Waals surface area contributed by atoms with Gasteiger partial charge in [-0.05, 0) is 61.4 Å². The van der Waals surface area contributed by atoms with Gasteiger partial charge >= 0.3 is 5.97 Å². The van der Waals surface area contributed by atoms with Crippen LogP contribution in [0.4, 0.5) is 5.82 Å². The largest absolute Gasteiger partial charge is 0.497 e. The number of methoxy groups -OCH3 is 1. The van der Waals surface area contributed by atoms with Crippen LogP contribution in [0, 0.1) is 0 Å². The molecule has 1 aliphatic heterocycles. The second kappa shape index (κ2) is 11.7. The van der Waals surface area contributed by atoms with E-state index in [1.807, 2.05) is 50.2 Å². The summed E-state index contributed by atoms with van der Waals surface area (Å²) in [7, 11) is 1.66. The van der Waals surface area contributed by atoms with Crippen molar-refractivity contribution in [3.63, 3.8) is 0 Å². The minimum absolute atomic E-state index is 0.164. The van der Waals surface area contributed by atoms with E-state index in [4.69, 9.17) is 14.2 Å². The molecule has 7 heteroatoms. The molecule has 0 aliphatic carbocycles. The third-order valence-electron chi connectivity index (χ3n) is 5.89. The lowest BCUT2D eigenvalue weighted by molar-refractivity contribution is 0.0378. The molecule has 0 atom stereocenters. The first-order chi connectivity index (χ1) is 17.0. The molecule has 0 radical (unpaired) electrons. The number of hydrogen-bond donors (Lipinski definition) is 0. The van der Waals surface area contributed by atoms with E-state index in [0.29, 0.717) is 18.0 Å². The molecule has 1 aliphatic rings. The number of esters is 1. The third-order valence-corrected chi connectivity index (χ3v) is 5.89. The van der Waals surface area contributed by atoms with E-state index in [1.54, 1.807) is 25.4 Å². The molecule has 1 saturated heterocycles. The monoisotopic (exact) mass is 475 g/mol. The third kappa shape index (κ3) is 6.73. The Morgan fingerprint density at radius 2 is 1.71 bits per heavy atom.